The number of nitro benzene ring substituents is 1. The standard InChI is InChI=1S/C20H23N3O5S/c1-16(17-5-3-2-4-6-17)15-20(24)21-11-13-22(14-12-21)29(27,28)19-9-7-18(8-10-19)23(25)26/h2-10,16H,11-15H2,1H3/t16-/m0/s1. The van der Waals surface area contributed by atoms with Gasteiger partial charge in [-0.3, -0.25) is 14.9 Å². The first-order valence-corrected chi connectivity index (χ1v) is 10.8. The zero-order valence-corrected chi connectivity index (χ0v) is 16.9. The Kier molecular flexibility index (Phi) is 6.29. The van der Waals surface area contributed by atoms with Gasteiger partial charge in [-0.15, -0.1) is 0 Å². The molecule has 8 nitrogen and oxygen atoms in total. The Bertz CT molecular complexity index is 969. The molecule has 9 heteroatoms. The predicted octanol–water partition coefficient (Wildman–Crippen LogP) is 2.62. The molecule has 2 aromatic carbocycles. The fourth-order valence-corrected chi connectivity index (χ4v) is 4.78. The topological polar surface area (TPSA) is 101 Å². The third-order valence-corrected chi connectivity index (χ3v) is 7.04. The number of benzene rings is 2. The minimum Gasteiger partial charge on any atom is -0.340 e. The first kappa shape index (κ1) is 20.9. The number of sulfonamides is 1. The van der Waals surface area contributed by atoms with Crippen molar-refractivity contribution in [1.29, 1.82) is 0 Å². The van der Waals surface area contributed by atoms with Crippen LogP contribution in [-0.2, 0) is 14.8 Å². The highest BCUT2D eigenvalue weighted by Gasteiger charge is 2.30. The van der Waals surface area contributed by atoms with Crippen LogP contribution in [0, 0.1) is 10.1 Å². The molecule has 0 radical (unpaired) electrons. The fourth-order valence-electron chi connectivity index (χ4n) is 3.36. The second-order valence-electron chi connectivity index (χ2n) is 7.05. The molecule has 2 aromatic rings. The molecule has 1 aliphatic rings. The van der Waals surface area contributed by atoms with Gasteiger partial charge in [-0.1, -0.05) is 37.3 Å². The molecule has 0 bridgehead atoms. The largest absolute Gasteiger partial charge is 0.340 e. The molecular weight excluding hydrogens is 394 g/mol. The molecule has 1 aliphatic heterocycles. The number of carbonyl (C=O) groups excluding carboxylic acids is 1. The number of nitrogens with zero attached hydrogens (tertiary/aromatic N) is 3. The zero-order valence-electron chi connectivity index (χ0n) is 16.1. The van der Waals surface area contributed by atoms with Gasteiger partial charge in [0.2, 0.25) is 15.9 Å². The van der Waals surface area contributed by atoms with Crippen LogP contribution in [0.15, 0.2) is 59.5 Å². The maximum Gasteiger partial charge on any atom is 0.269 e. The van der Waals surface area contributed by atoms with Crippen molar-refractivity contribution >= 4 is 21.6 Å². The molecule has 1 amide bonds. The highest BCUT2D eigenvalue weighted by Crippen LogP contribution is 2.23. The van der Waals surface area contributed by atoms with E-state index in [4.69, 9.17) is 0 Å². The number of carbonyl (C=O) groups is 1. The van der Waals surface area contributed by atoms with Gasteiger partial charge in [-0.25, -0.2) is 8.42 Å². The summed E-state index contributed by atoms with van der Waals surface area (Å²) in [5.41, 5.74) is 0.937. The van der Waals surface area contributed by atoms with Crippen LogP contribution in [0.2, 0.25) is 0 Å². The molecule has 154 valence electrons. The molecule has 0 spiro atoms. The minimum atomic E-state index is -3.75. The molecule has 3 rings (SSSR count). The fraction of sp³-hybridized carbons (Fsp3) is 0.350. The molecule has 0 saturated carbocycles. The van der Waals surface area contributed by atoms with Gasteiger partial charge in [0.15, 0.2) is 0 Å². The summed E-state index contributed by atoms with van der Waals surface area (Å²) in [5.74, 6) is 0.0966. The van der Waals surface area contributed by atoms with Crippen LogP contribution in [0.5, 0.6) is 0 Å². The van der Waals surface area contributed by atoms with Crippen LogP contribution in [0.25, 0.3) is 0 Å². The van der Waals surface area contributed by atoms with E-state index in [2.05, 4.69) is 0 Å². The van der Waals surface area contributed by atoms with Crippen LogP contribution in [-0.4, -0.2) is 54.6 Å². The Labute approximate surface area is 169 Å². The van der Waals surface area contributed by atoms with Gasteiger partial charge in [0, 0.05) is 44.7 Å². The normalized spacial score (nSPS) is 16.4. The maximum absolute atomic E-state index is 12.8. The molecular formula is C20H23N3O5S. The van der Waals surface area contributed by atoms with Gasteiger partial charge in [0.1, 0.15) is 0 Å². The summed E-state index contributed by atoms with van der Waals surface area (Å²) in [5, 5.41) is 10.7. The first-order chi connectivity index (χ1) is 13.8. The van der Waals surface area contributed by atoms with Crippen LogP contribution >= 0.6 is 0 Å². The second-order valence-corrected chi connectivity index (χ2v) is 8.99. The van der Waals surface area contributed by atoms with Gasteiger partial charge in [-0.05, 0) is 23.6 Å². The molecule has 1 atom stereocenters. The molecule has 1 fully saturated rings. The van der Waals surface area contributed by atoms with Crippen molar-refractivity contribution in [3.8, 4) is 0 Å². The smallest absolute Gasteiger partial charge is 0.269 e. The molecule has 1 heterocycles. The number of piperazine rings is 1. The van der Waals surface area contributed by atoms with E-state index in [1.807, 2.05) is 37.3 Å². The Balaban J connectivity index is 1.59. The van der Waals surface area contributed by atoms with Crippen LogP contribution in [0.3, 0.4) is 0 Å². The number of non-ortho nitro benzene ring substituents is 1. The molecule has 29 heavy (non-hydrogen) atoms. The molecule has 0 aliphatic carbocycles. The molecule has 0 unspecified atom stereocenters. The van der Waals surface area contributed by atoms with Crippen molar-refractivity contribution in [3.05, 3.63) is 70.3 Å². The Morgan fingerprint density at radius 2 is 1.62 bits per heavy atom. The van der Waals surface area contributed by atoms with E-state index in [0.717, 1.165) is 5.56 Å². The lowest BCUT2D eigenvalue weighted by atomic mass is 9.97. The molecule has 0 aromatic heterocycles. The van der Waals surface area contributed by atoms with Gasteiger partial charge in [0.05, 0.1) is 9.82 Å². The lowest BCUT2D eigenvalue weighted by molar-refractivity contribution is -0.384. The molecule has 0 N–H and O–H groups in total. The minimum absolute atomic E-state index is 0.00809. The van der Waals surface area contributed by atoms with Crippen molar-refractivity contribution in [2.24, 2.45) is 0 Å². The average Bonchev–Trinajstić information content (AvgIpc) is 2.74. The predicted molar refractivity (Wildman–Crippen MR) is 108 cm³/mol. The van der Waals surface area contributed by atoms with Gasteiger partial charge in [-0.2, -0.15) is 4.31 Å². The van der Waals surface area contributed by atoms with Crippen LogP contribution in [0.1, 0.15) is 24.8 Å². The van der Waals surface area contributed by atoms with Crippen molar-refractivity contribution < 1.29 is 18.1 Å². The summed E-state index contributed by atoms with van der Waals surface area (Å²) in [7, 11) is -3.75. The van der Waals surface area contributed by atoms with E-state index in [9.17, 15) is 23.3 Å². The summed E-state index contributed by atoms with van der Waals surface area (Å²) < 4.78 is 26.8. The van der Waals surface area contributed by atoms with Crippen molar-refractivity contribution in [2.45, 2.75) is 24.2 Å². The Morgan fingerprint density at radius 3 is 2.17 bits per heavy atom. The number of hydrogen-bond acceptors (Lipinski definition) is 5. The quantitative estimate of drug-likeness (QED) is 0.531. The van der Waals surface area contributed by atoms with E-state index in [0.29, 0.717) is 19.5 Å². The number of hydrogen-bond donors (Lipinski definition) is 0. The zero-order chi connectivity index (χ0) is 21.0. The Hall–Kier alpha value is -2.78. The maximum atomic E-state index is 12.8. The monoisotopic (exact) mass is 417 g/mol. The summed E-state index contributed by atoms with van der Waals surface area (Å²) in [4.78, 5) is 24.5. The van der Waals surface area contributed by atoms with Crippen LogP contribution in [0.4, 0.5) is 5.69 Å². The van der Waals surface area contributed by atoms with E-state index in [-0.39, 0.29) is 35.5 Å². The van der Waals surface area contributed by atoms with E-state index in [1.54, 1.807) is 4.90 Å². The Morgan fingerprint density at radius 1 is 1.03 bits per heavy atom. The van der Waals surface area contributed by atoms with Crippen molar-refractivity contribution in [2.75, 3.05) is 26.2 Å². The van der Waals surface area contributed by atoms with Gasteiger partial charge >= 0.3 is 0 Å². The summed E-state index contributed by atoms with van der Waals surface area (Å²) in [6.07, 6.45) is 0.374. The highest BCUT2D eigenvalue weighted by molar-refractivity contribution is 7.89. The first-order valence-electron chi connectivity index (χ1n) is 9.36. The third-order valence-electron chi connectivity index (χ3n) is 5.13. The number of rotatable bonds is 6. The van der Waals surface area contributed by atoms with Crippen LogP contribution < -0.4 is 0 Å². The highest BCUT2D eigenvalue weighted by atomic mass is 32.2. The van der Waals surface area contributed by atoms with E-state index in [1.165, 1.54) is 28.6 Å². The SMILES string of the molecule is C[C@@H](CC(=O)N1CCN(S(=O)(=O)c2ccc([N+](=O)[O-])cc2)CC1)c1ccccc1. The third kappa shape index (κ3) is 4.80. The number of nitro groups is 1. The van der Waals surface area contributed by atoms with Gasteiger partial charge in [0.25, 0.3) is 5.69 Å². The van der Waals surface area contributed by atoms with E-state index >= 15 is 0 Å². The van der Waals surface area contributed by atoms with Crippen molar-refractivity contribution in [3.63, 3.8) is 0 Å². The summed E-state index contributed by atoms with van der Waals surface area (Å²) >= 11 is 0. The van der Waals surface area contributed by atoms with E-state index < -0.39 is 14.9 Å². The summed E-state index contributed by atoms with van der Waals surface area (Å²) in [6, 6.07) is 14.6. The number of amides is 1. The average molecular weight is 417 g/mol. The van der Waals surface area contributed by atoms with Gasteiger partial charge < -0.3 is 4.90 Å². The lowest BCUT2D eigenvalue weighted by Gasteiger charge is -2.34. The molecule has 1 saturated heterocycles. The summed E-state index contributed by atoms with van der Waals surface area (Å²) in [6.45, 7) is 3.05. The second kappa shape index (κ2) is 8.71. The lowest BCUT2D eigenvalue weighted by Crippen LogP contribution is -2.50. The van der Waals surface area contributed by atoms with Crippen molar-refractivity contribution in [1.82, 2.24) is 9.21 Å².